The monoisotopic (exact) mass is 284 g/mol. The average Bonchev–Trinajstić information content (AvgIpc) is 2.34. The molecule has 0 N–H and O–H groups in total. The zero-order valence-corrected chi connectivity index (χ0v) is 11.2. The molecule has 0 aliphatic rings. The molecule has 0 saturated heterocycles. The first-order valence-corrected chi connectivity index (χ1v) is 6.30. The molecule has 2 aromatic rings. The number of halogens is 3. The van der Waals surface area contributed by atoms with Gasteiger partial charge in [0.2, 0.25) is 0 Å². The summed E-state index contributed by atoms with van der Waals surface area (Å²) in [5.74, 6) is 0.714. The van der Waals surface area contributed by atoms with Gasteiger partial charge in [-0.3, -0.25) is 0 Å². The minimum atomic E-state index is -0.483. The quantitative estimate of drug-likeness (QED) is 0.693. The van der Waals surface area contributed by atoms with E-state index in [-0.39, 0.29) is 5.75 Å². The lowest BCUT2D eigenvalue weighted by molar-refractivity contribution is 0.439. The van der Waals surface area contributed by atoms with Crippen LogP contribution in [0.5, 0.6) is 11.5 Å². The number of alkyl halides is 1. The zero-order valence-electron chi connectivity index (χ0n) is 9.71. The second-order valence-electron chi connectivity index (χ2n) is 3.91. The number of hydrogen-bond acceptors (Lipinski definition) is 1. The molecule has 0 aliphatic carbocycles. The highest BCUT2D eigenvalue weighted by molar-refractivity contribution is 6.30. The van der Waals surface area contributed by atoms with Crippen molar-refractivity contribution in [3.63, 3.8) is 0 Å². The van der Waals surface area contributed by atoms with Crippen LogP contribution < -0.4 is 4.74 Å². The van der Waals surface area contributed by atoms with Gasteiger partial charge in [-0.25, -0.2) is 4.39 Å². The van der Waals surface area contributed by atoms with Crippen molar-refractivity contribution in [3.8, 4) is 11.5 Å². The summed E-state index contributed by atoms with van der Waals surface area (Å²) < 4.78 is 19.1. The molecule has 94 valence electrons. The van der Waals surface area contributed by atoms with Crippen LogP contribution in [0.25, 0.3) is 0 Å². The van der Waals surface area contributed by atoms with Crippen molar-refractivity contribution >= 4 is 23.2 Å². The van der Waals surface area contributed by atoms with Crippen LogP contribution in [0, 0.1) is 12.7 Å². The normalized spacial score (nSPS) is 10.4. The van der Waals surface area contributed by atoms with E-state index in [4.69, 9.17) is 27.9 Å². The summed E-state index contributed by atoms with van der Waals surface area (Å²) in [6, 6.07) is 9.86. The van der Waals surface area contributed by atoms with Crippen molar-refractivity contribution in [1.29, 1.82) is 0 Å². The molecule has 4 heteroatoms. The van der Waals surface area contributed by atoms with Gasteiger partial charge in [-0.15, -0.1) is 11.6 Å². The zero-order chi connectivity index (χ0) is 13.1. The molecule has 0 heterocycles. The van der Waals surface area contributed by atoms with Crippen molar-refractivity contribution in [2.24, 2.45) is 0 Å². The fourth-order valence-electron chi connectivity index (χ4n) is 1.59. The first-order chi connectivity index (χ1) is 8.60. The number of ether oxygens (including phenoxy) is 1. The van der Waals surface area contributed by atoms with E-state index in [0.29, 0.717) is 16.7 Å². The highest BCUT2D eigenvalue weighted by Crippen LogP contribution is 2.29. The first kappa shape index (κ1) is 13.2. The Morgan fingerprint density at radius 3 is 2.44 bits per heavy atom. The van der Waals surface area contributed by atoms with Gasteiger partial charge in [-0.05, 0) is 42.3 Å². The summed E-state index contributed by atoms with van der Waals surface area (Å²) in [7, 11) is 0. The third kappa shape index (κ3) is 2.95. The number of benzene rings is 2. The van der Waals surface area contributed by atoms with Crippen LogP contribution in [0.1, 0.15) is 11.1 Å². The summed E-state index contributed by atoms with van der Waals surface area (Å²) in [6.45, 7) is 1.89. The van der Waals surface area contributed by atoms with E-state index in [9.17, 15) is 4.39 Å². The highest BCUT2D eigenvalue weighted by atomic mass is 35.5. The molecule has 0 saturated carbocycles. The summed E-state index contributed by atoms with van der Waals surface area (Å²) in [5, 5.41) is 0.342. The predicted octanol–water partition coefficient (Wildman–Crippen LogP) is 5.32. The summed E-state index contributed by atoms with van der Waals surface area (Å²) in [6.07, 6.45) is 0. The van der Waals surface area contributed by atoms with Crippen LogP contribution >= 0.6 is 23.2 Å². The van der Waals surface area contributed by atoms with Crippen LogP contribution in [0.15, 0.2) is 36.4 Å². The van der Waals surface area contributed by atoms with E-state index >= 15 is 0 Å². The van der Waals surface area contributed by atoms with Gasteiger partial charge in [0.15, 0.2) is 11.6 Å². The van der Waals surface area contributed by atoms with Crippen molar-refractivity contribution in [2.75, 3.05) is 0 Å². The Morgan fingerprint density at radius 2 is 1.83 bits per heavy atom. The van der Waals surface area contributed by atoms with Gasteiger partial charge in [0.05, 0.1) is 0 Å². The Labute approximate surface area is 115 Å². The molecule has 0 spiro atoms. The molecule has 0 amide bonds. The van der Waals surface area contributed by atoms with Crippen molar-refractivity contribution in [2.45, 2.75) is 12.8 Å². The average molecular weight is 285 g/mol. The van der Waals surface area contributed by atoms with E-state index in [1.165, 1.54) is 12.1 Å². The Bertz CT molecular complexity index is 570. The lowest BCUT2D eigenvalue weighted by atomic mass is 10.1. The smallest absolute Gasteiger partial charge is 0.167 e. The Kier molecular flexibility index (Phi) is 4.10. The first-order valence-electron chi connectivity index (χ1n) is 5.38. The van der Waals surface area contributed by atoms with Crippen molar-refractivity contribution in [3.05, 3.63) is 58.4 Å². The molecule has 18 heavy (non-hydrogen) atoms. The fourth-order valence-corrected chi connectivity index (χ4v) is 1.91. The minimum absolute atomic E-state index is 0.154. The van der Waals surface area contributed by atoms with Crippen LogP contribution in [0.2, 0.25) is 5.02 Å². The molecule has 0 atom stereocenters. The molecular formula is C14H11Cl2FO. The molecular weight excluding hydrogens is 274 g/mol. The number of aryl methyl sites for hydroxylation is 1. The van der Waals surface area contributed by atoms with Crippen LogP contribution in [0.3, 0.4) is 0 Å². The molecule has 1 nitrogen and oxygen atoms in total. The Balaban J connectivity index is 2.28. The second-order valence-corrected chi connectivity index (χ2v) is 4.61. The largest absolute Gasteiger partial charge is 0.454 e. The van der Waals surface area contributed by atoms with Gasteiger partial charge in [0.1, 0.15) is 5.75 Å². The Morgan fingerprint density at radius 1 is 1.11 bits per heavy atom. The van der Waals surface area contributed by atoms with Gasteiger partial charge in [-0.1, -0.05) is 23.7 Å². The third-order valence-corrected chi connectivity index (χ3v) is 3.05. The van der Waals surface area contributed by atoms with Crippen LogP contribution in [0.4, 0.5) is 4.39 Å². The topological polar surface area (TPSA) is 9.23 Å². The van der Waals surface area contributed by atoms with Crippen LogP contribution in [-0.4, -0.2) is 0 Å². The van der Waals surface area contributed by atoms with E-state index in [2.05, 4.69) is 0 Å². The lowest BCUT2D eigenvalue weighted by Gasteiger charge is -2.10. The van der Waals surface area contributed by atoms with Gasteiger partial charge in [-0.2, -0.15) is 0 Å². The predicted molar refractivity (Wildman–Crippen MR) is 72.2 cm³/mol. The minimum Gasteiger partial charge on any atom is -0.454 e. The van der Waals surface area contributed by atoms with E-state index < -0.39 is 5.82 Å². The highest BCUT2D eigenvalue weighted by Gasteiger charge is 2.07. The fraction of sp³-hybridized carbons (Fsp3) is 0.143. The summed E-state index contributed by atoms with van der Waals surface area (Å²) in [4.78, 5) is 0. The second kappa shape index (κ2) is 5.59. The molecule has 2 rings (SSSR count). The van der Waals surface area contributed by atoms with Crippen molar-refractivity contribution < 1.29 is 9.13 Å². The maximum absolute atomic E-state index is 13.6. The lowest BCUT2D eigenvalue weighted by Crippen LogP contribution is -1.91. The standard InChI is InChI=1S/C14H11Cl2FO/c1-9-6-10(8-15)2-4-13(9)18-14-5-3-11(16)7-12(14)17/h2-7H,8H2,1H3. The van der Waals surface area contributed by atoms with Gasteiger partial charge in [0.25, 0.3) is 0 Å². The van der Waals surface area contributed by atoms with Crippen molar-refractivity contribution in [1.82, 2.24) is 0 Å². The summed E-state index contributed by atoms with van der Waals surface area (Å²) in [5.41, 5.74) is 1.90. The SMILES string of the molecule is Cc1cc(CCl)ccc1Oc1ccc(Cl)cc1F. The molecule has 0 unspecified atom stereocenters. The maximum atomic E-state index is 13.6. The Hall–Kier alpha value is -1.25. The number of hydrogen-bond donors (Lipinski definition) is 0. The number of rotatable bonds is 3. The van der Waals surface area contributed by atoms with E-state index in [0.717, 1.165) is 11.1 Å². The van der Waals surface area contributed by atoms with Gasteiger partial charge in [0, 0.05) is 10.9 Å². The maximum Gasteiger partial charge on any atom is 0.167 e. The summed E-state index contributed by atoms with van der Waals surface area (Å²) >= 11 is 11.4. The molecule has 2 aromatic carbocycles. The third-order valence-electron chi connectivity index (χ3n) is 2.51. The van der Waals surface area contributed by atoms with Crippen LogP contribution in [-0.2, 0) is 5.88 Å². The van der Waals surface area contributed by atoms with Gasteiger partial charge < -0.3 is 4.74 Å². The molecule has 0 aliphatic heterocycles. The van der Waals surface area contributed by atoms with E-state index in [1.54, 1.807) is 12.1 Å². The van der Waals surface area contributed by atoms with Gasteiger partial charge >= 0.3 is 0 Å². The van der Waals surface area contributed by atoms with E-state index in [1.807, 2.05) is 19.1 Å². The molecule has 0 fully saturated rings. The molecule has 0 radical (unpaired) electrons. The molecule has 0 bridgehead atoms. The molecule has 0 aromatic heterocycles.